The number of rotatable bonds is 70. The summed E-state index contributed by atoms with van der Waals surface area (Å²) in [5, 5.41) is 34.1. The van der Waals surface area contributed by atoms with E-state index in [1.165, 1.54) is 32.1 Å². The van der Waals surface area contributed by atoms with E-state index < -0.39 is 143 Å². The summed E-state index contributed by atoms with van der Waals surface area (Å²) in [7, 11) is 0. The van der Waals surface area contributed by atoms with Crippen LogP contribution in [0.4, 0.5) is 0 Å². The topological polar surface area (TPSA) is 548 Å². The molecule has 0 saturated heterocycles. The van der Waals surface area contributed by atoms with Gasteiger partial charge in [-0.2, -0.15) is 0 Å². The van der Waals surface area contributed by atoms with Gasteiger partial charge in [0.25, 0.3) is 0 Å². The van der Waals surface area contributed by atoms with Crippen LogP contribution in [0, 0.1) is 35.5 Å². The third-order valence-corrected chi connectivity index (χ3v) is 20.1. The zero-order valence-corrected chi connectivity index (χ0v) is 73.5. The third-order valence-electron chi connectivity index (χ3n) is 20.1. The average Bonchev–Trinajstić information content (AvgIpc) is 0.859. The lowest BCUT2D eigenvalue weighted by Gasteiger charge is -2.30. The van der Waals surface area contributed by atoms with E-state index in [1.54, 1.807) is 0 Å². The number of primary amides is 1. The van der Waals surface area contributed by atoms with Crippen molar-refractivity contribution in [1.29, 1.82) is 0 Å². The molecule has 12 atom stereocenters. The summed E-state index contributed by atoms with van der Waals surface area (Å²) >= 11 is 0. The average molecular weight is 1650 g/mol. The molecular formula is C84H163N19O13. The number of hydrogen-bond acceptors (Lipinski definition) is 19. The Kier molecular flexibility index (Phi) is 60.8. The van der Waals surface area contributed by atoms with Crippen molar-refractivity contribution < 1.29 is 62.3 Å². The van der Waals surface area contributed by atoms with Crippen LogP contribution in [-0.4, -0.2) is 189 Å². The zero-order chi connectivity index (χ0) is 87.7. The van der Waals surface area contributed by atoms with Crippen LogP contribution >= 0.6 is 0 Å². The third kappa shape index (κ3) is 50.6. The molecule has 0 radical (unpaired) electrons. The minimum absolute atomic E-state index is 0.000270. The molecule has 0 spiro atoms. The van der Waals surface area contributed by atoms with Crippen LogP contribution in [0.25, 0.3) is 0 Å². The van der Waals surface area contributed by atoms with Crippen molar-refractivity contribution in [3.05, 3.63) is 0 Å². The quantitative estimate of drug-likeness (QED) is 0.0378. The molecule has 0 aromatic carbocycles. The van der Waals surface area contributed by atoms with E-state index in [1.807, 2.05) is 83.1 Å². The highest BCUT2D eigenvalue weighted by Gasteiger charge is 2.38. The highest BCUT2D eigenvalue weighted by atomic mass is 16.2. The first-order valence-electron chi connectivity index (χ1n) is 44.2. The van der Waals surface area contributed by atoms with Crippen molar-refractivity contribution in [2.45, 2.75) is 381 Å². The van der Waals surface area contributed by atoms with E-state index in [0.29, 0.717) is 116 Å². The number of carbonyl (C=O) groups is 13. The molecule has 672 valence electrons. The molecule has 32 nitrogen and oxygen atoms in total. The standard InChI is InChI=1S/C84H163N19O13/c1-14-15-16-17-18-19-20-21-22-41-72(104)92-67(49-55(4)5)80(112)96-60(35-23-29-42-85)74(106)94-64(39-27-33-46-89)78(110)100-70(52-58(10)11)83(115)103-69(51-57(8)9)82(114)98-62(37-25-31-44-87)76(108)95-65(40-28-34-47-90)79(111)101-71(53-59(12)13)84(116)102-68(50-56(6)7)81(113)97-61(36-24-30-43-86)75(107)93-63(38-26-32-45-88)77(109)99-66(73(91)105)48-54(2)3/h54-71H,14-53,85-90H2,1-13H3,(H2,91,105)(H,92,104)(H,93,107)(H,94,106)(H,95,108)(H,96,112)(H,97,113)(H,98,114)(H,99,109)(H,100,110)(H,101,111)(H,102,116)(H,103,115)/t60-,61-,62-,63-,64-,65-,66+,67+,68+,69+,70+,71+/m0/s1. The lowest BCUT2D eigenvalue weighted by molar-refractivity contribution is -0.136. The molecule has 0 aromatic rings. The van der Waals surface area contributed by atoms with E-state index in [4.69, 9.17) is 40.1 Å². The number of carbonyl (C=O) groups excluding carboxylic acids is 13. The Bertz CT molecular complexity index is 2830. The lowest BCUT2D eigenvalue weighted by Crippen LogP contribution is -2.61. The fourth-order valence-electron chi connectivity index (χ4n) is 13.7. The minimum Gasteiger partial charge on any atom is -0.368 e. The molecule has 26 N–H and O–H groups in total. The van der Waals surface area contributed by atoms with Crippen molar-refractivity contribution in [2.24, 2.45) is 75.6 Å². The van der Waals surface area contributed by atoms with Crippen molar-refractivity contribution in [3.8, 4) is 0 Å². The molecule has 0 aromatic heterocycles. The van der Waals surface area contributed by atoms with Crippen LogP contribution in [0.3, 0.4) is 0 Å². The van der Waals surface area contributed by atoms with Crippen molar-refractivity contribution >= 4 is 76.8 Å². The van der Waals surface area contributed by atoms with E-state index >= 15 is 0 Å². The smallest absolute Gasteiger partial charge is 0.243 e. The van der Waals surface area contributed by atoms with Gasteiger partial charge in [0.05, 0.1) is 0 Å². The highest BCUT2D eigenvalue weighted by molar-refractivity contribution is 5.99. The van der Waals surface area contributed by atoms with Gasteiger partial charge in [-0.1, -0.05) is 141 Å². The molecule has 0 aliphatic carbocycles. The second-order valence-electron chi connectivity index (χ2n) is 34.3. The Morgan fingerprint density at radius 1 is 0.207 bits per heavy atom. The van der Waals surface area contributed by atoms with E-state index in [9.17, 15) is 62.3 Å². The Labute approximate surface area is 695 Å². The molecule has 0 unspecified atom stereocenters. The summed E-state index contributed by atoms with van der Waals surface area (Å²) in [4.78, 5) is 186. The maximum Gasteiger partial charge on any atom is 0.243 e. The van der Waals surface area contributed by atoms with Gasteiger partial charge in [0.2, 0.25) is 76.8 Å². The first-order valence-corrected chi connectivity index (χ1v) is 44.2. The van der Waals surface area contributed by atoms with Gasteiger partial charge in [-0.15, -0.1) is 0 Å². The van der Waals surface area contributed by atoms with E-state index in [0.717, 1.165) is 19.3 Å². The van der Waals surface area contributed by atoms with Crippen LogP contribution in [0.15, 0.2) is 0 Å². The number of nitrogens with one attached hydrogen (secondary N) is 12. The largest absolute Gasteiger partial charge is 0.368 e. The molecule has 0 aliphatic heterocycles. The van der Waals surface area contributed by atoms with E-state index in [2.05, 4.69) is 70.7 Å². The summed E-state index contributed by atoms with van der Waals surface area (Å²) in [5.74, 6) is -9.35. The minimum atomic E-state index is -1.29. The van der Waals surface area contributed by atoms with Gasteiger partial charge in [0.15, 0.2) is 0 Å². The zero-order valence-electron chi connectivity index (χ0n) is 73.5. The fraction of sp³-hybridized carbons (Fsp3) is 0.845. The molecule has 0 rings (SSSR count). The molecule has 32 heteroatoms. The Morgan fingerprint density at radius 2 is 0.371 bits per heavy atom. The summed E-state index contributed by atoms with van der Waals surface area (Å²) in [6.07, 6.45) is 17.0. The number of nitrogens with two attached hydrogens (primary N) is 7. The summed E-state index contributed by atoms with van der Waals surface area (Å²) in [6.45, 7) is 26.3. The molecule has 0 aliphatic rings. The molecule has 0 heterocycles. The second-order valence-corrected chi connectivity index (χ2v) is 34.3. The van der Waals surface area contributed by atoms with Crippen molar-refractivity contribution in [2.75, 3.05) is 39.3 Å². The monoisotopic (exact) mass is 1650 g/mol. The fourth-order valence-corrected chi connectivity index (χ4v) is 13.7. The van der Waals surface area contributed by atoms with Crippen LogP contribution in [0.1, 0.15) is 308 Å². The van der Waals surface area contributed by atoms with Crippen LogP contribution in [0.2, 0.25) is 0 Å². The van der Waals surface area contributed by atoms with Gasteiger partial charge in [-0.25, -0.2) is 0 Å². The number of amides is 13. The molecule has 0 bridgehead atoms. The van der Waals surface area contributed by atoms with Gasteiger partial charge in [-0.3, -0.25) is 62.3 Å². The Morgan fingerprint density at radius 3 is 0.560 bits per heavy atom. The normalized spacial score (nSPS) is 14.7. The Balaban J connectivity index is 7.22. The van der Waals surface area contributed by atoms with Crippen LogP contribution in [-0.2, 0) is 62.3 Å². The SMILES string of the molecule is CCCCCCCCCCCC(=O)N[C@H](CC(C)C)C(=O)N[C@@H](CCCCN)C(=O)N[C@@H](CCCCN)C(=O)N[C@H](CC(C)C)C(=O)N[C@H](CC(C)C)C(=O)N[C@@H](CCCCN)C(=O)N[C@@H](CCCCN)C(=O)N[C@H](CC(C)C)C(=O)N[C@H](CC(C)C)C(=O)N[C@@H](CCCCN)C(=O)N[C@@H](CCCCN)C(=O)N[C@H](CC(C)C)C(N)=O. The van der Waals surface area contributed by atoms with Gasteiger partial charge in [-0.05, 0) is 235 Å². The molecular weight excluding hydrogens is 1480 g/mol. The van der Waals surface area contributed by atoms with Gasteiger partial charge in [0.1, 0.15) is 72.5 Å². The maximum absolute atomic E-state index is 14.8. The first-order chi connectivity index (χ1) is 55.0. The van der Waals surface area contributed by atoms with Crippen LogP contribution in [0.5, 0.6) is 0 Å². The predicted octanol–water partition coefficient (Wildman–Crippen LogP) is 4.26. The lowest BCUT2D eigenvalue weighted by atomic mass is 9.98. The number of hydrogen-bond donors (Lipinski definition) is 19. The van der Waals surface area contributed by atoms with Crippen molar-refractivity contribution in [1.82, 2.24) is 63.8 Å². The molecule has 0 fully saturated rings. The van der Waals surface area contributed by atoms with Crippen LogP contribution < -0.4 is 104 Å². The summed E-state index contributed by atoms with van der Waals surface area (Å²) in [5.41, 5.74) is 41.0. The highest BCUT2D eigenvalue weighted by Crippen LogP contribution is 2.19. The predicted molar refractivity (Wildman–Crippen MR) is 458 cm³/mol. The van der Waals surface area contributed by atoms with E-state index in [-0.39, 0.29) is 132 Å². The second kappa shape index (κ2) is 64.8. The van der Waals surface area contributed by atoms with Gasteiger partial charge < -0.3 is 104 Å². The van der Waals surface area contributed by atoms with Gasteiger partial charge >= 0.3 is 0 Å². The maximum atomic E-state index is 14.8. The number of unbranched alkanes of at least 4 members (excludes halogenated alkanes) is 14. The Hall–Kier alpha value is -7.13. The van der Waals surface area contributed by atoms with Crippen molar-refractivity contribution in [3.63, 3.8) is 0 Å². The molecule has 116 heavy (non-hydrogen) atoms. The summed E-state index contributed by atoms with van der Waals surface area (Å²) < 4.78 is 0. The molecule has 13 amide bonds. The van der Waals surface area contributed by atoms with Gasteiger partial charge in [0, 0.05) is 6.42 Å². The molecule has 0 saturated carbocycles. The summed E-state index contributed by atoms with van der Waals surface area (Å²) in [6, 6.07) is -14.2. The first kappa shape index (κ1) is 109.